The van der Waals surface area contributed by atoms with E-state index in [-0.39, 0.29) is 11.3 Å². The maximum Gasteiger partial charge on any atom is 0.227 e. The Balaban J connectivity index is 1.60. The topological polar surface area (TPSA) is 45.2 Å². The lowest BCUT2D eigenvalue weighted by molar-refractivity contribution is -0.130. The minimum absolute atomic E-state index is 0.227. The summed E-state index contributed by atoms with van der Waals surface area (Å²) in [6, 6.07) is 12.6. The van der Waals surface area contributed by atoms with Gasteiger partial charge < -0.3 is 10.2 Å². The van der Waals surface area contributed by atoms with Crippen LogP contribution in [0.15, 0.2) is 48.8 Å². The zero-order chi connectivity index (χ0) is 20.3. The predicted molar refractivity (Wildman–Crippen MR) is 117 cm³/mol. The fourth-order valence-corrected chi connectivity index (χ4v) is 4.52. The number of rotatable bonds is 8. The molecule has 1 saturated heterocycles. The van der Waals surface area contributed by atoms with Gasteiger partial charge in [-0.2, -0.15) is 0 Å². The monoisotopic (exact) mass is 391 g/mol. The van der Waals surface area contributed by atoms with Crippen molar-refractivity contribution in [2.24, 2.45) is 17.3 Å². The van der Waals surface area contributed by atoms with Gasteiger partial charge in [-0.15, -0.1) is 0 Å². The summed E-state index contributed by atoms with van der Waals surface area (Å²) in [5.41, 5.74) is 3.21. The molecule has 1 N–H and O–H groups in total. The SMILES string of the molecule is CC(C)CNC(=O)[C@@]1(Cc2ccccc2-c2cccnc2)CCN(CC2CC2)C1. The highest BCUT2D eigenvalue weighted by Crippen LogP contribution is 2.39. The van der Waals surface area contributed by atoms with Crippen molar-refractivity contribution in [1.82, 2.24) is 15.2 Å². The van der Waals surface area contributed by atoms with Crippen molar-refractivity contribution in [3.8, 4) is 11.1 Å². The molecule has 1 amide bonds. The Labute approximate surface area is 174 Å². The summed E-state index contributed by atoms with van der Waals surface area (Å²) in [6.07, 6.45) is 8.14. The van der Waals surface area contributed by atoms with E-state index in [0.29, 0.717) is 5.92 Å². The van der Waals surface area contributed by atoms with Crippen LogP contribution in [0.25, 0.3) is 11.1 Å². The fraction of sp³-hybridized carbons (Fsp3) is 0.520. The second-order valence-electron chi connectivity index (χ2n) is 9.39. The Kier molecular flexibility index (Phi) is 6.00. The summed E-state index contributed by atoms with van der Waals surface area (Å²) in [5, 5.41) is 3.26. The Hall–Kier alpha value is -2.20. The average molecular weight is 392 g/mol. The van der Waals surface area contributed by atoms with Gasteiger partial charge in [-0.25, -0.2) is 0 Å². The molecule has 1 aliphatic heterocycles. The third-order valence-corrected chi connectivity index (χ3v) is 6.32. The number of pyridine rings is 1. The third kappa shape index (κ3) is 4.87. The number of hydrogen-bond donors (Lipinski definition) is 1. The number of nitrogens with one attached hydrogen (secondary N) is 1. The van der Waals surface area contributed by atoms with E-state index in [9.17, 15) is 4.79 Å². The maximum atomic E-state index is 13.4. The molecule has 0 spiro atoms. The van der Waals surface area contributed by atoms with Crippen molar-refractivity contribution in [2.45, 2.75) is 39.5 Å². The molecule has 154 valence electrons. The van der Waals surface area contributed by atoms with Crippen LogP contribution in [-0.4, -0.2) is 42.0 Å². The highest BCUT2D eigenvalue weighted by molar-refractivity contribution is 5.84. The molecule has 2 aliphatic rings. The molecule has 4 rings (SSSR count). The van der Waals surface area contributed by atoms with E-state index in [1.807, 2.05) is 12.3 Å². The second-order valence-corrected chi connectivity index (χ2v) is 9.39. The Bertz CT molecular complexity index is 831. The molecule has 1 aliphatic carbocycles. The molecule has 4 heteroatoms. The second kappa shape index (κ2) is 8.66. The number of amides is 1. The van der Waals surface area contributed by atoms with E-state index in [0.717, 1.165) is 50.5 Å². The van der Waals surface area contributed by atoms with Crippen molar-refractivity contribution < 1.29 is 4.79 Å². The van der Waals surface area contributed by atoms with Crippen LogP contribution in [0, 0.1) is 17.3 Å². The molecule has 0 bridgehead atoms. The minimum atomic E-state index is -0.345. The largest absolute Gasteiger partial charge is 0.355 e. The standard InChI is InChI=1S/C25H33N3O/c1-19(2)15-27-24(29)25(11-13-28(18-25)17-20-9-10-20)14-21-6-3-4-8-23(21)22-7-5-12-26-16-22/h3-8,12,16,19-20H,9-11,13-15,17-18H2,1-2H3,(H,27,29)/t25-/m1/s1. The normalized spacial score (nSPS) is 22.2. The number of carbonyl (C=O) groups is 1. The van der Waals surface area contributed by atoms with Gasteiger partial charge in [0.2, 0.25) is 5.91 Å². The van der Waals surface area contributed by atoms with Gasteiger partial charge in [-0.3, -0.25) is 9.78 Å². The zero-order valence-corrected chi connectivity index (χ0v) is 17.7. The highest BCUT2D eigenvalue weighted by atomic mass is 16.2. The molecule has 2 fully saturated rings. The van der Waals surface area contributed by atoms with E-state index in [2.05, 4.69) is 59.4 Å². The van der Waals surface area contributed by atoms with E-state index in [1.54, 1.807) is 6.20 Å². The molecule has 2 heterocycles. The summed E-state index contributed by atoms with van der Waals surface area (Å²) in [5.74, 6) is 1.54. The minimum Gasteiger partial charge on any atom is -0.355 e. The number of likely N-dealkylation sites (tertiary alicyclic amines) is 1. The van der Waals surface area contributed by atoms with Gasteiger partial charge in [0.05, 0.1) is 5.41 Å². The van der Waals surface area contributed by atoms with Crippen LogP contribution in [0.1, 0.15) is 38.7 Å². The molecule has 2 aromatic rings. The summed E-state index contributed by atoms with van der Waals surface area (Å²) < 4.78 is 0. The third-order valence-electron chi connectivity index (χ3n) is 6.32. The summed E-state index contributed by atoms with van der Waals surface area (Å²) in [6.45, 7) is 8.10. The van der Waals surface area contributed by atoms with Gasteiger partial charge in [0, 0.05) is 37.6 Å². The first-order chi connectivity index (χ1) is 14.1. The number of hydrogen-bond acceptors (Lipinski definition) is 3. The lowest BCUT2D eigenvalue weighted by Crippen LogP contribution is -2.45. The smallest absolute Gasteiger partial charge is 0.227 e. The van der Waals surface area contributed by atoms with Crippen LogP contribution in [0.5, 0.6) is 0 Å². The fourth-order valence-electron chi connectivity index (χ4n) is 4.52. The maximum absolute atomic E-state index is 13.4. The number of nitrogens with zero attached hydrogens (tertiary/aromatic N) is 2. The van der Waals surface area contributed by atoms with Gasteiger partial charge in [-0.05, 0) is 61.3 Å². The van der Waals surface area contributed by atoms with Crippen molar-refractivity contribution in [2.75, 3.05) is 26.2 Å². The molecule has 29 heavy (non-hydrogen) atoms. The van der Waals surface area contributed by atoms with Crippen molar-refractivity contribution in [1.29, 1.82) is 0 Å². The quantitative estimate of drug-likeness (QED) is 0.735. The lowest BCUT2D eigenvalue weighted by Gasteiger charge is -2.30. The molecule has 1 aromatic carbocycles. The molecule has 4 nitrogen and oxygen atoms in total. The van der Waals surface area contributed by atoms with Gasteiger partial charge in [0.25, 0.3) is 0 Å². The molecule has 0 radical (unpaired) electrons. The van der Waals surface area contributed by atoms with E-state index >= 15 is 0 Å². The van der Waals surface area contributed by atoms with Crippen LogP contribution < -0.4 is 5.32 Å². The van der Waals surface area contributed by atoms with Crippen LogP contribution in [0.4, 0.5) is 0 Å². The molecular formula is C25H33N3O. The van der Waals surface area contributed by atoms with Crippen LogP contribution in [-0.2, 0) is 11.2 Å². The molecule has 1 saturated carbocycles. The van der Waals surface area contributed by atoms with Crippen molar-refractivity contribution >= 4 is 5.91 Å². The van der Waals surface area contributed by atoms with Gasteiger partial charge in [-0.1, -0.05) is 44.2 Å². The van der Waals surface area contributed by atoms with Crippen molar-refractivity contribution in [3.05, 3.63) is 54.4 Å². The molecular weight excluding hydrogens is 358 g/mol. The summed E-state index contributed by atoms with van der Waals surface area (Å²) in [4.78, 5) is 20.2. The van der Waals surface area contributed by atoms with Crippen LogP contribution >= 0.6 is 0 Å². The van der Waals surface area contributed by atoms with Crippen LogP contribution in [0.2, 0.25) is 0 Å². The molecule has 0 unspecified atom stereocenters. The molecule has 1 aromatic heterocycles. The highest BCUT2D eigenvalue weighted by Gasteiger charge is 2.45. The average Bonchev–Trinajstić information content (AvgIpc) is 3.46. The van der Waals surface area contributed by atoms with E-state index in [1.165, 1.54) is 24.0 Å². The number of benzene rings is 1. The Morgan fingerprint density at radius 2 is 2.07 bits per heavy atom. The van der Waals surface area contributed by atoms with Gasteiger partial charge in [0.15, 0.2) is 0 Å². The number of aromatic nitrogens is 1. The first-order valence-corrected chi connectivity index (χ1v) is 11.0. The Morgan fingerprint density at radius 3 is 2.79 bits per heavy atom. The molecule has 1 atom stereocenters. The van der Waals surface area contributed by atoms with E-state index < -0.39 is 0 Å². The van der Waals surface area contributed by atoms with E-state index in [4.69, 9.17) is 0 Å². The zero-order valence-electron chi connectivity index (χ0n) is 17.7. The summed E-state index contributed by atoms with van der Waals surface area (Å²) >= 11 is 0. The predicted octanol–water partition coefficient (Wildman–Crippen LogP) is 4.17. The first kappa shape index (κ1) is 20.1. The van der Waals surface area contributed by atoms with Gasteiger partial charge in [0.1, 0.15) is 0 Å². The summed E-state index contributed by atoms with van der Waals surface area (Å²) in [7, 11) is 0. The lowest BCUT2D eigenvalue weighted by atomic mass is 9.78. The Morgan fingerprint density at radius 1 is 1.24 bits per heavy atom. The van der Waals surface area contributed by atoms with Crippen LogP contribution in [0.3, 0.4) is 0 Å². The first-order valence-electron chi connectivity index (χ1n) is 11.0. The van der Waals surface area contributed by atoms with Gasteiger partial charge >= 0.3 is 0 Å². The number of carbonyl (C=O) groups excluding carboxylic acids is 1. The van der Waals surface area contributed by atoms with Crippen molar-refractivity contribution in [3.63, 3.8) is 0 Å².